The monoisotopic (exact) mass is 236 g/mol. The zero-order chi connectivity index (χ0) is 12.0. The van der Waals surface area contributed by atoms with Gasteiger partial charge in [-0.1, -0.05) is 32.9 Å². The van der Waals surface area contributed by atoms with Gasteiger partial charge in [0.2, 0.25) is 0 Å². The van der Waals surface area contributed by atoms with E-state index in [1.807, 2.05) is 12.1 Å². The van der Waals surface area contributed by atoms with Crippen molar-refractivity contribution < 1.29 is 4.21 Å². The van der Waals surface area contributed by atoms with Crippen molar-refractivity contribution in [2.75, 3.05) is 0 Å². The van der Waals surface area contributed by atoms with Crippen molar-refractivity contribution in [1.29, 1.82) is 0 Å². The first-order valence-electron chi connectivity index (χ1n) is 5.78. The van der Waals surface area contributed by atoms with Crippen molar-refractivity contribution in [3.05, 3.63) is 29.8 Å². The summed E-state index contributed by atoms with van der Waals surface area (Å²) in [5, 5.41) is 0.322. The summed E-state index contributed by atoms with van der Waals surface area (Å²) in [5.41, 5.74) is 1.34. The first-order valence-corrected chi connectivity index (χ1v) is 7.57. The van der Waals surface area contributed by atoms with Crippen LogP contribution in [-0.2, 0) is 14.9 Å². The molecule has 2 heteroatoms. The molecule has 1 fully saturated rings. The van der Waals surface area contributed by atoms with Crippen LogP contribution in [0.4, 0.5) is 0 Å². The van der Waals surface area contributed by atoms with Gasteiger partial charge in [-0.25, -0.2) is 0 Å². The van der Waals surface area contributed by atoms with Crippen LogP contribution in [-0.4, -0.2) is 15.3 Å². The van der Waals surface area contributed by atoms with Crippen molar-refractivity contribution >= 4 is 15.4 Å². The van der Waals surface area contributed by atoms with Gasteiger partial charge in [-0.3, -0.25) is 4.21 Å². The second-order valence-electron chi connectivity index (χ2n) is 5.70. The van der Waals surface area contributed by atoms with Gasteiger partial charge in [0.05, 0.1) is 0 Å². The standard InChI is InChI=1S/C14H20OS/c1-14(2,3)11-6-5-7-13(10-11)16(4,15)12-8-9-12/h5-7,10,12H,4,8-9H2,1-3H3. The Morgan fingerprint density at radius 1 is 1.31 bits per heavy atom. The van der Waals surface area contributed by atoms with Crippen LogP contribution < -0.4 is 0 Å². The summed E-state index contributed by atoms with van der Waals surface area (Å²) in [7, 11) is -2.05. The fourth-order valence-electron chi connectivity index (χ4n) is 1.82. The third-order valence-electron chi connectivity index (χ3n) is 3.16. The zero-order valence-electron chi connectivity index (χ0n) is 10.3. The van der Waals surface area contributed by atoms with E-state index in [-0.39, 0.29) is 5.41 Å². The Labute approximate surface area is 98.9 Å². The van der Waals surface area contributed by atoms with Gasteiger partial charge < -0.3 is 0 Å². The molecule has 0 aliphatic heterocycles. The van der Waals surface area contributed by atoms with Crippen LogP contribution >= 0.6 is 0 Å². The summed E-state index contributed by atoms with van der Waals surface area (Å²) in [6.07, 6.45) is 2.14. The lowest BCUT2D eigenvalue weighted by Gasteiger charge is -2.20. The Hall–Kier alpha value is -0.760. The van der Waals surface area contributed by atoms with Crippen LogP contribution in [0.5, 0.6) is 0 Å². The number of rotatable bonds is 2. The average Bonchev–Trinajstić information content (AvgIpc) is 3.00. The largest absolute Gasteiger partial charge is 0.263 e. The van der Waals surface area contributed by atoms with E-state index in [9.17, 15) is 4.21 Å². The topological polar surface area (TPSA) is 17.1 Å². The first-order chi connectivity index (χ1) is 7.32. The Morgan fingerprint density at radius 2 is 1.94 bits per heavy atom. The van der Waals surface area contributed by atoms with E-state index in [1.54, 1.807) is 0 Å². The zero-order valence-corrected chi connectivity index (χ0v) is 11.1. The van der Waals surface area contributed by atoms with Gasteiger partial charge in [0.1, 0.15) is 0 Å². The highest BCUT2D eigenvalue weighted by Gasteiger charge is 2.32. The van der Waals surface area contributed by atoms with Gasteiger partial charge in [0, 0.05) is 10.1 Å². The molecule has 1 aromatic rings. The summed E-state index contributed by atoms with van der Waals surface area (Å²) in [6.45, 7) is 6.52. The second-order valence-corrected chi connectivity index (χ2v) is 8.29. The summed E-state index contributed by atoms with van der Waals surface area (Å²) >= 11 is 0. The molecule has 88 valence electrons. The third kappa shape index (κ3) is 2.17. The van der Waals surface area contributed by atoms with Gasteiger partial charge in [0.15, 0.2) is 0 Å². The summed E-state index contributed by atoms with van der Waals surface area (Å²) < 4.78 is 12.5. The second kappa shape index (κ2) is 3.63. The predicted molar refractivity (Wildman–Crippen MR) is 71.7 cm³/mol. The number of hydrogen-bond acceptors (Lipinski definition) is 1. The fourth-order valence-corrected chi connectivity index (χ4v) is 3.74. The molecule has 0 amide bonds. The van der Waals surface area contributed by atoms with Crippen molar-refractivity contribution in [1.82, 2.24) is 0 Å². The highest BCUT2D eigenvalue weighted by Crippen LogP contribution is 2.34. The third-order valence-corrected chi connectivity index (χ3v) is 5.76. The minimum absolute atomic E-state index is 0.106. The van der Waals surface area contributed by atoms with Gasteiger partial charge in [-0.2, -0.15) is 0 Å². The Morgan fingerprint density at radius 3 is 2.44 bits per heavy atom. The minimum Gasteiger partial charge on any atom is -0.263 e. The molecule has 0 N–H and O–H groups in total. The molecule has 0 saturated heterocycles. The Kier molecular flexibility index (Phi) is 2.66. The molecular weight excluding hydrogens is 216 g/mol. The van der Waals surface area contributed by atoms with E-state index in [0.717, 1.165) is 17.7 Å². The van der Waals surface area contributed by atoms with Crippen molar-refractivity contribution in [3.63, 3.8) is 0 Å². The maximum atomic E-state index is 12.5. The molecule has 1 aliphatic carbocycles. The lowest BCUT2D eigenvalue weighted by molar-refractivity contribution is 0.588. The van der Waals surface area contributed by atoms with Crippen LogP contribution in [0.25, 0.3) is 0 Å². The molecule has 0 radical (unpaired) electrons. The van der Waals surface area contributed by atoms with Crippen molar-refractivity contribution in [2.24, 2.45) is 0 Å². The van der Waals surface area contributed by atoms with Gasteiger partial charge in [0.25, 0.3) is 0 Å². The summed E-state index contributed by atoms with van der Waals surface area (Å²) in [6, 6.07) is 8.14. The van der Waals surface area contributed by atoms with E-state index in [1.165, 1.54) is 5.56 Å². The van der Waals surface area contributed by atoms with Crippen molar-refractivity contribution in [2.45, 2.75) is 49.2 Å². The molecule has 2 rings (SSSR count). The molecule has 1 aromatic carbocycles. The fraction of sp³-hybridized carbons (Fsp3) is 0.500. The minimum atomic E-state index is -2.05. The van der Waals surface area contributed by atoms with Crippen LogP contribution in [0.2, 0.25) is 0 Å². The molecule has 0 bridgehead atoms. The van der Waals surface area contributed by atoms with Gasteiger partial charge in [-0.05, 0) is 51.3 Å². The smallest absolute Gasteiger partial charge is 0.0316 e. The molecule has 1 nitrogen and oxygen atoms in total. The van der Waals surface area contributed by atoms with Crippen LogP contribution in [0.3, 0.4) is 0 Å². The maximum absolute atomic E-state index is 12.5. The number of hydrogen-bond donors (Lipinski definition) is 0. The van der Waals surface area contributed by atoms with E-state index in [2.05, 4.69) is 38.8 Å². The Balaban J connectivity index is 2.44. The van der Waals surface area contributed by atoms with Crippen molar-refractivity contribution in [3.8, 4) is 0 Å². The highest BCUT2D eigenvalue weighted by atomic mass is 32.2. The predicted octanol–water partition coefficient (Wildman–Crippen LogP) is 3.22. The first kappa shape index (κ1) is 11.7. The molecular formula is C14H20OS. The maximum Gasteiger partial charge on any atom is 0.0316 e. The SMILES string of the molecule is C=S(=O)(c1cccc(C(C)(C)C)c1)C1CC1. The molecule has 1 aliphatic rings. The van der Waals surface area contributed by atoms with Gasteiger partial charge in [-0.15, -0.1) is 0 Å². The Bertz CT molecular complexity index is 488. The lowest BCUT2D eigenvalue weighted by Crippen LogP contribution is -2.13. The van der Waals surface area contributed by atoms with Crippen LogP contribution in [0.1, 0.15) is 39.2 Å². The molecule has 1 atom stereocenters. The van der Waals surface area contributed by atoms with E-state index < -0.39 is 9.52 Å². The van der Waals surface area contributed by atoms with E-state index in [0.29, 0.717) is 5.25 Å². The lowest BCUT2D eigenvalue weighted by atomic mass is 9.87. The molecule has 0 spiro atoms. The summed E-state index contributed by atoms with van der Waals surface area (Å²) in [5.74, 6) is 3.95. The summed E-state index contributed by atoms with van der Waals surface area (Å²) in [4.78, 5) is 0.933. The quantitative estimate of drug-likeness (QED) is 0.721. The molecule has 1 saturated carbocycles. The molecule has 16 heavy (non-hydrogen) atoms. The normalized spacial score (nSPS) is 20.4. The van der Waals surface area contributed by atoms with E-state index in [4.69, 9.17) is 0 Å². The van der Waals surface area contributed by atoms with E-state index >= 15 is 0 Å². The molecule has 0 heterocycles. The average molecular weight is 236 g/mol. The number of benzene rings is 1. The van der Waals surface area contributed by atoms with Gasteiger partial charge >= 0.3 is 0 Å². The molecule has 1 unspecified atom stereocenters. The van der Waals surface area contributed by atoms with Crippen LogP contribution in [0, 0.1) is 0 Å². The van der Waals surface area contributed by atoms with Crippen LogP contribution in [0.15, 0.2) is 29.2 Å². The molecule has 0 aromatic heterocycles. The highest BCUT2D eigenvalue weighted by molar-refractivity contribution is 8.01.